The predicted molar refractivity (Wildman–Crippen MR) is 82.9 cm³/mol. The smallest absolute Gasteiger partial charge is 0.308 e. The number of morpholine rings is 1. The molecule has 0 N–H and O–H groups in total. The molecule has 3 rings (SSSR count). The van der Waals surface area contributed by atoms with E-state index in [1.165, 1.54) is 32.7 Å². The van der Waals surface area contributed by atoms with Crippen molar-refractivity contribution >= 4 is 18.4 Å². The molecule has 2 unspecified atom stereocenters. The zero-order valence-electron chi connectivity index (χ0n) is 12.3. The lowest BCUT2D eigenvalue weighted by Crippen LogP contribution is -2.48. The van der Waals surface area contributed by atoms with E-state index in [1.807, 2.05) is 18.2 Å². The van der Waals surface area contributed by atoms with Crippen LogP contribution < -0.4 is 4.74 Å². The van der Waals surface area contributed by atoms with Crippen LogP contribution in [-0.4, -0.2) is 36.6 Å². The zero-order valence-corrected chi connectivity index (χ0v) is 13.1. The third-order valence-electron chi connectivity index (χ3n) is 4.13. The summed E-state index contributed by atoms with van der Waals surface area (Å²) in [5.74, 6) is 0.308. The van der Waals surface area contributed by atoms with Crippen LogP contribution in [0.3, 0.4) is 0 Å². The van der Waals surface area contributed by atoms with Gasteiger partial charge in [0.25, 0.3) is 0 Å². The number of nitrogens with zero attached hydrogens (tertiary/aromatic N) is 1. The largest absolute Gasteiger partial charge is 0.427 e. The minimum absolute atomic E-state index is 0. The molecule has 0 saturated carbocycles. The molecule has 1 aromatic carbocycles. The van der Waals surface area contributed by atoms with Crippen molar-refractivity contribution in [2.75, 3.05) is 19.7 Å². The second-order valence-electron chi connectivity index (χ2n) is 5.63. The number of fused-ring (bicyclic) bond motifs is 1. The van der Waals surface area contributed by atoms with Crippen LogP contribution in [0.2, 0.25) is 0 Å². The highest BCUT2D eigenvalue weighted by Gasteiger charge is 2.31. The monoisotopic (exact) mass is 311 g/mol. The van der Waals surface area contributed by atoms with Crippen molar-refractivity contribution in [3.05, 3.63) is 29.8 Å². The number of piperidine rings is 1. The second-order valence-corrected chi connectivity index (χ2v) is 5.63. The molecular formula is C16H22ClNO3. The number of ether oxygens (including phenoxy) is 2. The van der Waals surface area contributed by atoms with Crippen LogP contribution in [0.5, 0.6) is 5.75 Å². The van der Waals surface area contributed by atoms with E-state index in [1.54, 1.807) is 6.07 Å². The Hall–Kier alpha value is -1.10. The van der Waals surface area contributed by atoms with Gasteiger partial charge >= 0.3 is 5.97 Å². The number of hydrogen-bond donors (Lipinski definition) is 0. The maximum atomic E-state index is 11.0. The Bertz CT molecular complexity index is 494. The highest BCUT2D eigenvalue weighted by Crippen LogP contribution is 2.30. The Kier molecular flexibility index (Phi) is 5.62. The molecule has 2 aliphatic heterocycles. The Labute approximate surface area is 131 Å². The summed E-state index contributed by atoms with van der Waals surface area (Å²) >= 11 is 0. The highest BCUT2D eigenvalue weighted by atomic mass is 35.5. The van der Waals surface area contributed by atoms with Crippen molar-refractivity contribution in [3.8, 4) is 5.75 Å². The fraction of sp³-hybridized carbons (Fsp3) is 0.562. The van der Waals surface area contributed by atoms with Gasteiger partial charge in [-0.3, -0.25) is 9.69 Å². The molecule has 5 heteroatoms. The first-order chi connectivity index (χ1) is 9.72. The summed E-state index contributed by atoms with van der Waals surface area (Å²) in [5.41, 5.74) is 1.09. The van der Waals surface area contributed by atoms with E-state index in [-0.39, 0.29) is 24.5 Å². The molecule has 21 heavy (non-hydrogen) atoms. The molecule has 0 aromatic heterocycles. The third-order valence-corrected chi connectivity index (χ3v) is 4.13. The van der Waals surface area contributed by atoms with Crippen molar-refractivity contribution in [2.24, 2.45) is 0 Å². The normalized spacial score (nSPS) is 25.6. The maximum absolute atomic E-state index is 11.0. The molecular weight excluding hydrogens is 290 g/mol. The van der Waals surface area contributed by atoms with Gasteiger partial charge in [0.1, 0.15) is 5.75 Å². The molecule has 0 aliphatic carbocycles. The first-order valence-electron chi connectivity index (χ1n) is 7.36. The summed E-state index contributed by atoms with van der Waals surface area (Å²) in [5, 5.41) is 0. The van der Waals surface area contributed by atoms with Crippen LogP contribution >= 0.6 is 12.4 Å². The van der Waals surface area contributed by atoms with Crippen LogP contribution in [0.4, 0.5) is 0 Å². The van der Waals surface area contributed by atoms with Gasteiger partial charge in [-0.2, -0.15) is 0 Å². The van der Waals surface area contributed by atoms with Gasteiger partial charge in [0.2, 0.25) is 0 Å². The summed E-state index contributed by atoms with van der Waals surface area (Å²) in [7, 11) is 0. The SMILES string of the molecule is CC(=O)Oc1cccc(C2CN3CCCCC3CO2)c1.Cl. The van der Waals surface area contributed by atoms with Crippen LogP contribution in [0.25, 0.3) is 0 Å². The molecule has 2 aliphatic rings. The first kappa shape index (κ1) is 16.3. The number of esters is 1. The Morgan fingerprint density at radius 3 is 3.05 bits per heavy atom. The molecule has 1 aromatic rings. The fourth-order valence-corrected chi connectivity index (χ4v) is 3.13. The molecule has 0 radical (unpaired) electrons. The van der Waals surface area contributed by atoms with Gasteiger partial charge in [0.15, 0.2) is 0 Å². The van der Waals surface area contributed by atoms with Crippen LogP contribution in [0.1, 0.15) is 37.9 Å². The average molecular weight is 312 g/mol. The van der Waals surface area contributed by atoms with Gasteiger partial charge in [-0.25, -0.2) is 0 Å². The van der Waals surface area contributed by atoms with E-state index >= 15 is 0 Å². The molecule has 4 nitrogen and oxygen atoms in total. The molecule has 0 amide bonds. The van der Waals surface area contributed by atoms with Gasteiger partial charge < -0.3 is 9.47 Å². The minimum Gasteiger partial charge on any atom is -0.427 e. The van der Waals surface area contributed by atoms with Gasteiger partial charge in [-0.15, -0.1) is 12.4 Å². The van der Waals surface area contributed by atoms with E-state index in [0.717, 1.165) is 18.7 Å². The van der Waals surface area contributed by atoms with E-state index in [4.69, 9.17) is 9.47 Å². The van der Waals surface area contributed by atoms with E-state index in [9.17, 15) is 4.79 Å². The highest BCUT2D eigenvalue weighted by molar-refractivity contribution is 5.85. The number of benzene rings is 1. The topological polar surface area (TPSA) is 38.8 Å². The van der Waals surface area contributed by atoms with E-state index < -0.39 is 0 Å². The quantitative estimate of drug-likeness (QED) is 0.622. The lowest BCUT2D eigenvalue weighted by Gasteiger charge is -2.42. The summed E-state index contributed by atoms with van der Waals surface area (Å²) in [6.45, 7) is 4.34. The first-order valence-corrected chi connectivity index (χ1v) is 7.36. The Morgan fingerprint density at radius 2 is 2.24 bits per heavy atom. The third kappa shape index (κ3) is 3.96. The fourth-order valence-electron chi connectivity index (χ4n) is 3.13. The lowest BCUT2D eigenvalue weighted by atomic mass is 9.98. The van der Waals surface area contributed by atoms with Gasteiger partial charge in [0.05, 0.1) is 12.7 Å². The molecule has 2 heterocycles. The number of hydrogen-bond acceptors (Lipinski definition) is 4. The summed E-state index contributed by atoms with van der Waals surface area (Å²) in [6, 6.07) is 8.27. The second kappa shape index (κ2) is 7.25. The number of carbonyl (C=O) groups excluding carboxylic acids is 1. The number of carbonyl (C=O) groups is 1. The maximum Gasteiger partial charge on any atom is 0.308 e. The van der Waals surface area contributed by atoms with Crippen LogP contribution in [0, 0.1) is 0 Å². The minimum atomic E-state index is -0.289. The predicted octanol–water partition coefficient (Wildman–Crippen LogP) is 2.96. The van der Waals surface area contributed by atoms with E-state index in [0.29, 0.717) is 11.8 Å². The Morgan fingerprint density at radius 1 is 1.38 bits per heavy atom. The molecule has 2 saturated heterocycles. The standard InChI is InChI=1S/C16H21NO3.ClH/c1-12(18)20-15-7-4-5-13(9-15)16-10-17-8-3-2-6-14(17)11-19-16;/h4-5,7,9,14,16H,2-3,6,8,10-11H2,1H3;1H. The molecule has 0 spiro atoms. The van der Waals surface area contributed by atoms with Crippen molar-refractivity contribution < 1.29 is 14.3 Å². The molecule has 2 fully saturated rings. The van der Waals surface area contributed by atoms with Crippen molar-refractivity contribution in [1.29, 1.82) is 0 Å². The average Bonchev–Trinajstić information content (AvgIpc) is 2.46. The summed E-state index contributed by atoms with van der Waals surface area (Å²) in [4.78, 5) is 13.6. The summed E-state index contributed by atoms with van der Waals surface area (Å²) in [6.07, 6.45) is 3.94. The van der Waals surface area contributed by atoms with Crippen LogP contribution in [0.15, 0.2) is 24.3 Å². The van der Waals surface area contributed by atoms with Crippen molar-refractivity contribution in [1.82, 2.24) is 4.90 Å². The molecule has 0 bridgehead atoms. The van der Waals surface area contributed by atoms with Gasteiger partial charge in [0, 0.05) is 19.5 Å². The number of halogens is 1. The lowest BCUT2D eigenvalue weighted by molar-refractivity contribution is -0.131. The Balaban J connectivity index is 0.00000161. The van der Waals surface area contributed by atoms with Crippen molar-refractivity contribution in [3.63, 3.8) is 0 Å². The molecule has 116 valence electrons. The van der Waals surface area contributed by atoms with Gasteiger partial charge in [-0.1, -0.05) is 18.6 Å². The van der Waals surface area contributed by atoms with Crippen molar-refractivity contribution in [2.45, 2.75) is 38.3 Å². The van der Waals surface area contributed by atoms with Crippen LogP contribution in [-0.2, 0) is 9.53 Å². The summed E-state index contributed by atoms with van der Waals surface area (Å²) < 4.78 is 11.2. The van der Waals surface area contributed by atoms with Gasteiger partial charge in [-0.05, 0) is 37.1 Å². The van der Waals surface area contributed by atoms with E-state index in [2.05, 4.69) is 4.90 Å². The molecule has 2 atom stereocenters. The zero-order chi connectivity index (χ0) is 13.9. The number of rotatable bonds is 2.